The number of fused-ring (bicyclic) bond motifs is 1. The predicted molar refractivity (Wildman–Crippen MR) is 215 cm³/mol. The molecule has 4 N–H and O–H groups in total. The largest absolute Gasteiger partial charge is 0.479 e. The summed E-state index contributed by atoms with van der Waals surface area (Å²) >= 11 is 0. The lowest BCUT2D eigenvalue weighted by Gasteiger charge is -2.28. The van der Waals surface area contributed by atoms with E-state index in [1.54, 1.807) is 58.0 Å². The number of aromatic nitrogens is 2. The van der Waals surface area contributed by atoms with Gasteiger partial charge in [-0.2, -0.15) is 4.98 Å². The molecule has 0 aliphatic carbocycles. The molecule has 5 rings (SSSR count). The first kappa shape index (κ1) is 45.8. The fraction of sp³-hybridized carbons (Fsp3) is 0.310. The minimum absolute atomic E-state index is 0.0948. The van der Waals surface area contributed by atoms with Crippen molar-refractivity contribution in [3.63, 3.8) is 0 Å². The maximum Gasteiger partial charge on any atom is 0.335 e. The molecule has 0 saturated carbocycles. The van der Waals surface area contributed by atoms with Gasteiger partial charge in [0.15, 0.2) is 33.7 Å². The first-order valence-corrected chi connectivity index (χ1v) is 20.5. The smallest absolute Gasteiger partial charge is 0.335 e. The molecule has 2 unspecified atom stereocenters. The summed E-state index contributed by atoms with van der Waals surface area (Å²) in [5, 5.41) is 32.9. The summed E-state index contributed by atoms with van der Waals surface area (Å²) in [6, 6.07) is 25.5. The Labute approximate surface area is 339 Å². The van der Waals surface area contributed by atoms with Gasteiger partial charge >= 0.3 is 11.9 Å². The molecule has 0 radical (unpaired) electrons. The van der Waals surface area contributed by atoms with E-state index in [-0.39, 0.29) is 35.8 Å². The number of para-hydroxylation sites is 1. The van der Waals surface area contributed by atoms with Crippen LogP contribution in [0.25, 0.3) is 22.0 Å². The summed E-state index contributed by atoms with van der Waals surface area (Å²) in [6.45, 7) is 7.18. The normalized spacial score (nSPS) is 12.4. The lowest BCUT2D eigenvalue weighted by atomic mass is 10.0. The Morgan fingerprint density at radius 1 is 0.780 bits per heavy atom. The number of aliphatic hydroxyl groups excluding tert-OH is 2. The summed E-state index contributed by atoms with van der Waals surface area (Å²) in [5.74, 6) is -5.28. The number of hydrogen-bond donors (Lipinski definition) is 4. The van der Waals surface area contributed by atoms with Gasteiger partial charge in [-0.3, -0.25) is 9.59 Å². The third-order valence-electron chi connectivity index (χ3n) is 9.59. The zero-order valence-corrected chi connectivity index (χ0v) is 33.5. The molecule has 0 fully saturated rings. The number of rotatable bonds is 17. The highest BCUT2D eigenvalue weighted by molar-refractivity contribution is 7.90. The number of aryl methyl sites for hydroxylation is 2. The summed E-state index contributed by atoms with van der Waals surface area (Å²) in [4.78, 5) is 55.3. The molecule has 0 saturated heterocycles. The highest BCUT2D eigenvalue weighted by atomic mass is 32.2. The molecule has 314 valence electrons. The molecular weight excluding hydrogens is 791 g/mol. The number of amides is 1. The van der Waals surface area contributed by atoms with Gasteiger partial charge in [-0.15, -0.1) is 0 Å². The van der Waals surface area contributed by atoms with E-state index < -0.39 is 51.2 Å². The van der Waals surface area contributed by atoms with Crippen LogP contribution in [-0.4, -0.2) is 111 Å². The zero-order chi connectivity index (χ0) is 43.4. The van der Waals surface area contributed by atoms with Crippen LogP contribution in [0.2, 0.25) is 0 Å². The molecule has 59 heavy (non-hydrogen) atoms. The Morgan fingerprint density at radius 2 is 1.36 bits per heavy atom. The van der Waals surface area contributed by atoms with Crippen LogP contribution in [0.4, 0.5) is 8.78 Å². The number of sulfone groups is 1. The standard InChI is InChI=1S/C38H40F2N4O4S.C4H6O6/c1-4-42(5-2)23-24-43(25-27-13-15-28(16-14-27)29-17-20-31(21-18-29)49(3,47)48)36(45)26-44-34-12-7-6-10-32(34)38(46)41-35(44)22-19-30-9-8-11-33(39)37(30)40;5-1(3(7)8)2(6)4(9)10/h6-18,20-21H,4-5,19,22-26H2,1-3H3;1-2,5-6H,(H,7,8)(H,9,10). The molecule has 1 amide bonds. The maximum absolute atomic E-state index is 14.5. The quantitative estimate of drug-likeness (QED) is 0.106. The van der Waals surface area contributed by atoms with Crippen molar-refractivity contribution in [3.8, 4) is 11.1 Å². The summed E-state index contributed by atoms with van der Waals surface area (Å²) in [6.07, 6.45) is -3.14. The van der Waals surface area contributed by atoms with Gasteiger partial charge in [0.2, 0.25) is 5.91 Å². The van der Waals surface area contributed by atoms with Crippen LogP contribution in [0.3, 0.4) is 0 Å². The van der Waals surface area contributed by atoms with E-state index in [2.05, 4.69) is 23.7 Å². The van der Waals surface area contributed by atoms with Crippen molar-refractivity contribution in [1.29, 1.82) is 0 Å². The number of aliphatic carboxylic acids is 2. The number of benzene rings is 4. The average molecular weight is 837 g/mol. The van der Waals surface area contributed by atoms with Crippen LogP contribution in [0.1, 0.15) is 30.8 Å². The van der Waals surface area contributed by atoms with Crippen LogP contribution in [0.15, 0.2) is 101 Å². The van der Waals surface area contributed by atoms with Gasteiger partial charge in [0.1, 0.15) is 12.4 Å². The van der Waals surface area contributed by atoms with E-state index in [1.165, 1.54) is 18.4 Å². The van der Waals surface area contributed by atoms with Gasteiger partial charge in [-0.05, 0) is 72.1 Å². The van der Waals surface area contributed by atoms with Crippen molar-refractivity contribution in [2.45, 2.75) is 56.9 Å². The Hall–Kier alpha value is -5.88. The molecule has 14 nitrogen and oxygen atoms in total. The number of halogens is 2. The minimum atomic E-state index is -3.30. The van der Waals surface area contributed by atoms with Gasteiger partial charge in [-0.25, -0.2) is 26.8 Å². The lowest BCUT2D eigenvalue weighted by Crippen LogP contribution is -2.40. The highest BCUT2D eigenvalue weighted by Crippen LogP contribution is 2.23. The average Bonchev–Trinajstić information content (AvgIpc) is 3.22. The summed E-state index contributed by atoms with van der Waals surface area (Å²) in [7, 11) is -3.30. The molecular formula is C42H46F2N4O10S. The van der Waals surface area contributed by atoms with E-state index in [4.69, 9.17) is 20.4 Å². The molecule has 0 spiro atoms. The second kappa shape index (κ2) is 20.7. The van der Waals surface area contributed by atoms with Crippen LogP contribution in [0.5, 0.6) is 0 Å². The van der Waals surface area contributed by atoms with Crippen LogP contribution in [-0.2, 0) is 50.2 Å². The van der Waals surface area contributed by atoms with Crippen molar-refractivity contribution < 1.29 is 52.0 Å². The molecule has 1 aromatic heterocycles. The van der Waals surface area contributed by atoms with Gasteiger partial charge < -0.3 is 34.8 Å². The van der Waals surface area contributed by atoms with Crippen molar-refractivity contribution in [1.82, 2.24) is 19.4 Å². The number of carboxylic acid groups (broad SMARTS) is 2. The predicted octanol–water partition coefficient (Wildman–Crippen LogP) is 3.78. The van der Waals surface area contributed by atoms with Crippen molar-refractivity contribution in [3.05, 3.63) is 130 Å². The van der Waals surface area contributed by atoms with E-state index >= 15 is 0 Å². The van der Waals surface area contributed by atoms with E-state index in [0.29, 0.717) is 36.4 Å². The number of carboxylic acids is 2. The topological polar surface area (TPSA) is 208 Å². The van der Waals surface area contributed by atoms with Gasteiger partial charge in [-0.1, -0.05) is 74.5 Å². The highest BCUT2D eigenvalue weighted by Gasteiger charge is 2.29. The Bertz CT molecular complexity index is 2410. The fourth-order valence-corrected chi connectivity index (χ4v) is 6.77. The van der Waals surface area contributed by atoms with E-state index in [0.717, 1.165) is 35.8 Å². The molecule has 0 bridgehead atoms. The van der Waals surface area contributed by atoms with Crippen LogP contribution in [0, 0.1) is 11.6 Å². The first-order valence-electron chi connectivity index (χ1n) is 18.6. The fourth-order valence-electron chi connectivity index (χ4n) is 6.14. The van der Waals surface area contributed by atoms with Crippen molar-refractivity contribution >= 4 is 38.6 Å². The Kier molecular flexibility index (Phi) is 16.1. The first-order chi connectivity index (χ1) is 27.9. The minimum Gasteiger partial charge on any atom is -0.479 e. The monoisotopic (exact) mass is 836 g/mol. The van der Waals surface area contributed by atoms with Gasteiger partial charge in [0, 0.05) is 32.3 Å². The third kappa shape index (κ3) is 12.3. The second-order valence-electron chi connectivity index (χ2n) is 13.6. The van der Waals surface area contributed by atoms with E-state index in [9.17, 15) is 36.4 Å². The van der Waals surface area contributed by atoms with Crippen molar-refractivity contribution in [2.24, 2.45) is 0 Å². The number of nitrogens with zero attached hydrogens (tertiary/aromatic N) is 4. The lowest BCUT2D eigenvalue weighted by molar-refractivity contribution is -0.165. The van der Waals surface area contributed by atoms with Crippen LogP contribution < -0.4 is 5.56 Å². The zero-order valence-electron chi connectivity index (χ0n) is 32.7. The molecule has 2 atom stereocenters. The number of carbonyl (C=O) groups excluding carboxylic acids is 1. The summed E-state index contributed by atoms with van der Waals surface area (Å²) in [5.41, 5.74) is 2.95. The molecule has 5 aromatic rings. The number of aliphatic hydroxyl groups is 2. The Morgan fingerprint density at radius 3 is 1.92 bits per heavy atom. The molecule has 0 aliphatic rings. The molecule has 17 heteroatoms. The SMILES string of the molecule is CCN(CC)CCN(Cc1ccc(-c2ccc(S(C)(=O)=O)cc2)cc1)C(=O)Cn1c(CCc2cccc(F)c2F)nc(=O)c2ccccc21.O=C(O)C(O)C(O)C(=O)O. The number of hydrogen-bond acceptors (Lipinski definition) is 10. The second-order valence-corrected chi connectivity index (χ2v) is 15.6. The van der Waals surface area contributed by atoms with Gasteiger partial charge in [0.25, 0.3) is 5.56 Å². The van der Waals surface area contributed by atoms with Gasteiger partial charge in [0.05, 0.1) is 15.8 Å². The van der Waals surface area contributed by atoms with E-state index in [1.807, 2.05) is 24.3 Å². The molecule has 0 aliphatic heterocycles. The summed E-state index contributed by atoms with van der Waals surface area (Å²) < 4.78 is 53.9. The third-order valence-corrected chi connectivity index (χ3v) is 10.7. The number of likely N-dealkylation sites (N-methyl/N-ethyl adjacent to an activating group) is 1. The van der Waals surface area contributed by atoms with Crippen LogP contribution >= 0.6 is 0 Å². The molecule has 1 heterocycles. The molecule has 4 aromatic carbocycles. The van der Waals surface area contributed by atoms with Crippen molar-refractivity contribution in [2.75, 3.05) is 32.4 Å². The maximum atomic E-state index is 14.5. The number of carbonyl (C=O) groups is 3. The Balaban J connectivity index is 0.000000680.